The summed E-state index contributed by atoms with van der Waals surface area (Å²) in [7, 11) is 0. The highest BCUT2D eigenvalue weighted by atomic mass is 16.5. The van der Waals surface area contributed by atoms with Gasteiger partial charge in [-0.3, -0.25) is 19.8 Å². The number of aromatic amines is 1. The zero-order valence-electron chi connectivity index (χ0n) is 22.5. The zero-order valence-corrected chi connectivity index (χ0v) is 22.5. The van der Waals surface area contributed by atoms with Crippen LogP contribution in [0.4, 0.5) is 0 Å². The minimum absolute atomic E-state index is 0.235. The average Bonchev–Trinajstić information content (AvgIpc) is 3.46. The van der Waals surface area contributed by atoms with Gasteiger partial charge in [0.25, 0.3) is 0 Å². The van der Waals surface area contributed by atoms with Crippen LogP contribution in [-0.2, 0) is 24.2 Å². The second-order valence-corrected chi connectivity index (χ2v) is 11.1. The van der Waals surface area contributed by atoms with Crippen molar-refractivity contribution in [1.82, 2.24) is 25.0 Å². The molecular formula is C31H41N5O2. The monoisotopic (exact) mass is 515 g/mol. The van der Waals surface area contributed by atoms with Gasteiger partial charge in [0.05, 0.1) is 6.20 Å². The molecule has 0 atom stereocenters. The highest BCUT2D eigenvalue weighted by molar-refractivity contribution is 5.76. The number of carbonyl (C=O) groups is 1. The number of carbonyl (C=O) groups excluding carboxylic acids is 1. The number of fused-ring (bicyclic) bond motifs is 1. The molecule has 0 saturated carbocycles. The van der Waals surface area contributed by atoms with Crippen LogP contribution in [-0.4, -0.2) is 63.7 Å². The molecule has 7 nitrogen and oxygen atoms in total. The third kappa shape index (κ3) is 7.22. The van der Waals surface area contributed by atoms with E-state index in [4.69, 9.17) is 4.74 Å². The van der Waals surface area contributed by atoms with E-state index in [-0.39, 0.29) is 5.41 Å². The van der Waals surface area contributed by atoms with Crippen LogP contribution in [0.5, 0.6) is 5.75 Å². The Morgan fingerprint density at radius 3 is 2.66 bits per heavy atom. The highest BCUT2D eigenvalue weighted by Gasteiger charge is 2.37. The largest absolute Gasteiger partial charge is 0.492 e. The van der Waals surface area contributed by atoms with Crippen molar-refractivity contribution in [3.63, 3.8) is 0 Å². The molecule has 5 rings (SSSR count). The van der Waals surface area contributed by atoms with Crippen molar-refractivity contribution in [2.24, 2.45) is 5.41 Å². The normalized spacial score (nSPS) is 18.7. The van der Waals surface area contributed by atoms with Crippen LogP contribution in [0.25, 0.3) is 0 Å². The highest BCUT2D eigenvalue weighted by Crippen LogP contribution is 2.39. The Balaban J connectivity index is 1.24. The van der Waals surface area contributed by atoms with Gasteiger partial charge in [-0.1, -0.05) is 24.6 Å². The molecule has 1 fully saturated rings. The summed E-state index contributed by atoms with van der Waals surface area (Å²) in [6.07, 6.45) is 16.7. The molecule has 1 aromatic carbocycles. The summed E-state index contributed by atoms with van der Waals surface area (Å²) < 4.78 is 6.30. The van der Waals surface area contributed by atoms with E-state index in [1.54, 1.807) is 0 Å². The minimum Gasteiger partial charge on any atom is -0.492 e. The van der Waals surface area contributed by atoms with Crippen molar-refractivity contribution in [1.29, 1.82) is 0 Å². The van der Waals surface area contributed by atoms with Crippen LogP contribution in [0.15, 0.2) is 61.2 Å². The fraction of sp³-hybridized carbons (Fsp3) is 0.516. The number of likely N-dealkylation sites (tertiary alicyclic amines) is 1. The first-order valence-corrected chi connectivity index (χ1v) is 14.3. The number of hydrogen-bond acceptors (Lipinski definition) is 5. The molecule has 0 radical (unpaired) electrons. The summed E-state index contributed by atoms with van der Waals surface area (Å²) in [6, 6.07) is 12.7. The maximum absolute atomic E-state index is 13.0. The number of benzene rings is 1. The van der Waals surface area contributed by atoms with Gasteiger partial charge in [0.15, 0.2) is 0 Å². The minimum atomic E-state index is 0.235. The van der Waals surface area contributed by atoms with E-state index in [0.717, 1.165) is 70.6 Å². The molecule has 0 unspecified atom stereocenters. The first-order valence-electron chi connectivity index (χ1n) is 14.3. The quantitative estimate of drug-likeness (QED) is 0.498. The Kier molecular flexibility index (Phi) is 9.07. The molecule has 0 aliphatic carbocycles. The Labute approximate surface area is 226 Å². The number of nitrogens with one attached hydrogen (secondary N) is 1. The number of piperidine rings is 1. The number of aryl methyl sites for hydroxylation is 2. The van der Waals surface area contributed by atoms with Crippen molar-refractivity contribution in [2.45, 2.75) is 64.3 Å². The summed E-state index contributed by atoms with van der Waals surface area (Å²) >= 11 is 0. The molecule has 2 aliphatic heterocycles. The Bertz CT molecular complexity index is 1130. The number of hydrogen-bond donors (Lipinski definition) is 1. The molecule has 202 valence electrons. The van der Waals surface area contributed by atoms with E-state index in [1.807, 2.05) is 24.8 Å². The van der Waals surface area contributed by atoms with E-state index in [9.17, 15) is 4.79 Å². The second-order valence-electron chi connectivity index (χ2n) is 11.1. The SMILES string of the molecule is O=C(CCCc1cn[nH]c1)N1CCC2(CCCCc3ccccc3OCCN(Cc3ccncc3)C2)CC1. The molecule has 7 heteroatoms. The summed E-state index contributed by atoms with van der Waals surface area (Å²) in [6.45, 7) is 5.24. The lowest BCUT2D eigenvalue weighted by Crippen LogP contribution is -2.48. The Hall–Kier alpha value is -3.19. The molecule has 38 heavy (non-hydrogen) atoms. The van der Waals surface area contributed by atoms with Crippen molar-refractivity contribution in [3.05, 3.63) is 77.9 Å². The number of aromatic nitrogens is 3. The molecule has 3 aromatic rings. The summed E-state index contributed by atoms with van der Waals surface area (Å²) in [5.74, 6) is 1.33. The Morgan fingerprint density at radius 2 is 1.84 bits per heavy atom. The van der Waals surface area contributed by atoms with Crippen molar-refractivity contribution < 1.29 is 9.53 Å². The summed E-state index contributed by atoms with van der Waals surface area (Å²) in [5, 5.41) is 6.86. The standard InChI is InChI=1S/C31H41N5O2/c37-30(10-5-6-27-22-33-34-23-27)36-18-14-31(15-19-36)13-4-3-8-28-7-1-2-9-29(28)38-21-20-35(25-31)24-26-11-16-32-17-12-26/h1-2,7,9,11-12,16-17,22-23H,3-6,8,10,13-15,18-21,24-25H2,(H,33,34). The first kappa shape index (κ1) is 26.4. The van der Waals surface area contributed by atoms with Gasteiger partial charge in [-0.15, -0.1) is 0 Å². The lowest BCUT2D eigenvalue weighted by atomic mass is 9.73. The average molecular weight is 516 g/mol. The third-order valence-electron chi connectivity index (χ3n) is 8.34. The Morgan fingerprint density at radius 1 is 1.00 bits per heavy atom. The molecule has 1 N–H and O–H groups in total. The van der Waals surface area contributed by atoms with Gasteiger partial charge in [0.2, 0.25) is 5.91 Å². The van der Waals surface area contributed by atoms with E-state index < -0.39 is 0 Å². The fourth-order valence-electron chi connectivity index (χ4n) is 6.12. The van der Waals surface area contributed by atoms with Crippen LogP contribution in [0.3, 0.4) is 0 Å². The maximum atomic E-state index is 13.0. The molecule has 1 amide bonds. The van der Waals surface area contributed by atoms with Gasteiger partial charge in [-0.25, -0.2) is 0 Å². The topological polar surface area (TPSA) is 74.3 Å². The first-order chi connectivity index (χ1) is 18.7. The fourth-order valence-corrected chi connectivity index (χ4v) is 6.12. The van der Waals surface area contributed by atoms with Gasteiger partial charge in [-0.2, -0.15) is 5.10 Å². The van der Waals surface area contributed by atoms with Crippen LogP contribution < -0.4 is 4.74 Å². The van der Waals surface area contributed by atoms with E-state index in [0.29, 0.717) is 18.9 Å². The van der Waals surface area contributed by atoms with Crippen molar-refractivity contribution >= 4 is 5.91 Å². The van der Waals surface area contributed by atoms with Crippen molar-refractivity contribution in [3.8, 4) is 5.75 Å². The smallest absolute Gasteiger partial charge is 0.222 e. The van der Waals surface area contributed by atoms with Crippen LogP contribution in [0.2, 0.25) is 0 Å². The lowest BCUT2D eigenvalue weighted by Gasteiger charge is -2.45. The summed E-state index contributed by atoms with van der Waals surface area (Å²) in [4.78, 5) is 21.9. The number of pyridine rings is 1. The lowest BCUT2D eigenvalue weighted by molar-refractivity contribution is -0.134. The van der Waals surface area contributed by atoms with Crippen LogP contribution in [0.1, 0.15) is 61.6 Å². The van der Waals surface area contributed by atoms with Gasteiger partial charge < -0.3 is 9.64 Å². The van der Waals surface area contributed by atoms with Crippen LogP contribution in [0, 0.1) is 5.41 Å². The van der Waals surface area contributed by atoms with Crippen molar-refractivity contribution in [2.75, 3.05) is 32.8 Å². The van der Waals surface area contributed by atoms with Crippen LogP contribution >= 0.6 is 0 Å². The number of H-pyrrole nitrogens is 1. The van der Waals surface area contributed by atoms with Gasteiger partial charge in [0, 0.05) is 57.7 Å². The van der Waals surface area contributed by atoms with E-state index >= 15 is 0 Å². The molecule has 2 aromatic heterocycles. The number of rotatable bonds is 6. The van der Waals surface area contributed by atoms with E-state index in [2.05, 4.69) is 61.4 Å². The van der Waals surface area contributed by atoms with Gasteiger partial charge in [0.1, 0.15) is 12.4 Å². The number of para-hydroxylation sites is 1. The molecule has 1 saturated heterocycles. The number of nitrogens with zero attached hydrogens (tertiary/aromatic N) is 4. The molecular weight excluding hydrogens is 474 g/mol. The number of amides is 1. The molecule has 2 aliphatic rings. The molecule has 0 bridgehead atoms. The molecule has 4 heterocycles. The molecule has 1 spiro atoms. The van der Waals surface area contributed by atoms with Gasteiger partial charge in [-0.05, 0) is 85.3 Å². The van der Waals surface area contributed by atoms with Gasteiger partial charge >= 0.3 is 0 Å². The predicted octanol–water partition coefficient (Wildman–Crippen LogP) is 5.04. The third-order valence-corrected chi connectivity index (χ3v) is 8.34. The summed E-state index contributed by atoms with van der Waals surface area (Å²) in [5.41, 5.74) is 4.01. The second kappa shape index (κ2) is 13.1. The zero-order chi connectivity index (χ0) is 26.0. The predicted molar refractivity (Wildman–Crippen MR) is 149 cm³/mol. The van der Waals surface area contributed by atoms with E-state index in [1.165, 1.54) is 36.0 Å². The maximum Gasteiger partial charge on any atom is 0.222 e. The number of ether oxygens (including phenoxy) is 1.